The predicted molar refractivity (Wildman–Crippen MR) is 84.9 cm³/mol. The smallest absolute Gasteiger partial charge is 0.142 e. The summed E-state index contributed by atoms with van der Waals surface area (Å²) in [6.07, 6.45) is 7.65. The van der Waals surface area contributed by atoms with Crippen LogP contribution in [0.5, 0.6) is 0 Å². The number of aromatic amines is 1. The summed E-state index contributed by atoms with van der Waals surface area (Å²) < 4.78 is 0. The second kappa shape index (κ2) is 5.05. The van der Waals surface area contributed by atoms with Crippen LogP contribution in [-0.4, -0.2) is 58.9 Å². The third-order valence-corrected chi connectivity index (χ3v) is 5.23. The first-order valence-electron chi connectivity index (χ1n) is 7.88. The summed E-state index contributed by atoms with van der Waals surface area (Å²) >= 11 is 0. The highest BCUT2D eigenvalue weighted by molar-refractivity contribution is 5.87. The maximum atomic E-state index is 10.4. The number of H-pyrrole nitrogens is 1. The van der Waals surface area contributed by atoms with Gasteiger partial charge in [0.05, 0.1) is 5.39 Å². The molecule has 3 heterocycles. The minimum Gasteiger partial charge on any atom is -0.356 e. The molecule has 116 valence electrons. The van der Waals surface area contributed by atoms with E-state index in [2.05, 4.69) is 31.8 Å². The van der Waals surface area contributed by atoms with Gasteiger partial charge in [0.1, 0.15) is 24.1 Å². The van der Waals surface area contributed by atoms with Crippen molar-refractivity contribution in [1.82, 2.24) is 19.9 Å². The maximum absolute atomic E-state index is 10.4. The van der Waals surface area contributed by atoms with Gasteiger partial charge in [-0.2, -0.15) is 0 Å². The second-order valence-electron chi connectivity index (χ2n) is 6.78. The molecule has 22 heavy (non-hydrogen) atoms. The first kappa shape index (κ1) is 13.7. The Morgan fingerprint density at radius 3 is 3.05 bits per heavy atom. The van der Waals surface area contributed by atoms with E-state index in [1.807, 2.05) is 12.3 Å². The van der Waals surface area contributed by atoms with Gasteiger partial charge in [0, 0.05) is 45.3 Å². The average Bonchev–Trinajstić information content (AvgIpc) is 2.91. The molecule has 0 amide bonds. The number of nitrogens with one attached hydrogen (secondary N) is 1. The average molecular weight is 299 g/mol. The molecule has 2 aromatic heterocycles. The van der Waals surface area contributed by atoms with Gasteiger partial charge in [-0.05, 0) is 24.3 Å². The second-order valence-corrected chi connectivity index (χ2v) is 6.78. The van der Waals surface area contributed by atoms with E-state index in [4.69, 9.17) is 0 Å². The summed E-state index contributed by atoms with van der Waals surface area (Å²) in [5.41, 5.74) is 1.39. The fourth-order valence-corrected chi connectivity index (χ4v) is 4.08. The number of hydrogen-bond donors (Lipinski definition) is 1. The molecule has 0 radical (unpaired) electrons. The van der Waals surface area contributed by atoms with Gasteiger partial charge < -0.3 is 19.6 Å². The Morgan fingerprint density at radius 1 is 1.45 bits per heavy atom. The third kappa shape index (κ3) is 2.09. The number of fused-ring (bicyclic) bond motifs is 1. The monoisotopic (exact) mass is 299 g/mol. The molecule has 6 heteroatoms. The van der Waals surface area contributed by atoms with Gasteiger partial charge in [0.25, 0.3) is 0 Å². The quantitative estimate of drug-likeness (QED) is 0.847. The van der Waals surface area contributed by atoms with Gasteiger partial charge in [-0.3, -0.25) is 0 Å². The van der Waals surface area contributed by atoms with Crippen LogP contribution in [0.3, 0.4) is 0 Å². The minimum absolute atomic E-state index is 0.492. The number of hydrogen-bond acceptors (Lipinski definition) is 5. The molecule has 0 unspecified atom stereocenters. The maximum Gasteiger partial charge on any atom is 0.142 e. The van der Waals surface area contributed by atoms with Crippen molar-refractivity contribution >= 4 is 23.1 Å². The molecule has 2 aromatic rings. The van der Waals surface area contributed by atoms with Crippen molar-refractivity contribution in [3.05, 3.63) is 18.6 Å². The third-order valence-electron chi connectivity index (χ3n) is 5.23. The first-order chi connectivity index (χ1) is 10.7. The van der Waals surface area contributed by atoms with Crippen LogP contribution in [0.4, 0.5) is 5.82 Å². The van der Waals surface area contributed by atoms with Crippen molar-refractivity contribution in [1.29, 1.82) is 0 Å². The van der Waals surface area contributed by atoms with Crippen molar-refractivity contribution in [2.45, 2.75) is 25.3 Å². The van der Waals surface area contributed by atoms with E-state index in [1.54, 1.807) is 6.33 Å². The van der Waals surface area contributed by atoms with Crippen molar-refractivity contribution in [3.63, 3.8) is 0 Å². The number of carbonyl (C=O) groups excluding carboxylic acids is 1. The molecule has 1 aliphatic carbocycles. The molecule has 2 aliphatic rings. The van der Waals surface area contributed by atoms with Crippen LogP contribution in [0, 0.1) is 5.41 Å². The zero-order valence-electron chi connectivity index (χ0n) is 12.8. The van der Waals surface area contributed by atoms with Crippen molar-refractivity contribution in [3.8, 4) is 0 Å². The standard InChI is InChI=1S/C16H21N5O/c1-20(15-13-3-4-17-14(13)18-11-19-15)12-7-16(8-12)9-21(10-16)5-2-6-22/h3-4,6,11-12H,2,5,7-10H2,1H3,(H,17,18,19). The number of nitrogens with zero attached hydrogens (tertiary/aromatic N) is 4. The summed E-state index contributed by atoms with van der Waals surface area (Å²) in [4.78, 5) is 27.0. The highest BCUT2D eigenvalue weighted by Crippen LogP contribution is 2.50. The Bertz CT molecular complexity index is 683. The number of likely N-dealkylation sites (tertiary alicyclic amines) is 1. The van der Waals surface area contributed by atoms with Crippen LogP contribution >= 0.6 is 0 Å². The Labute approximate surface area is 129 Å². The van der Waals surface area contributed by atoms with E-state index >= 15 is 0 Å². The van der Waals surface area contributed by atoms with Crippen LogP contribution < -0.4 is 4.90 Å². The molecule has 2 fully saturated rings. The molecule has 4 rings (SSSR count). The van der Waals surface area contributed by atoms with Gasteiger partial charge in [-0.1, -0.05) is 0 Å². The summed E-state index contributed by atoms with van der Waals surface area (Å²) in [5, 5.41) is 1.09. The number of carbonyl (C=O) groups is 1. The summed E-state index contributed by atoms with van der Waals surface area (Å²) in [7, 11) is 2.13. The topological polar surface area (TPSA) is 65.1 Å². The molecule has 0 atom stereocenters. The van der Waals surface area contributed by atoms with E-state index in [9.17, 15) is 4.79 Å². The summed E-state index contributed by atoms with van der Waals surface area (Å²) in [5.74, 6) is 1.02. The van der Waals surface area contributed by atoms with Crippen LogP contribution in [-0.2, 0) is 4.79 Å². The number of aromatic nitrogens is 3. The minimum atomic E-state index is 0.492. The normalized spacial score (nSPS) is 20.8. The highest BCUT2D eigenvalue weighted by Gasteiger charge is 2.53. The Balaban J connectivity index is 1.39. The molecule has 1 N–H and O–H groups in total. The Kier molecular flexibility index (Phi) is 3.14. The number of rotatable bonds is 5. The van der Waals surface area contributed by atoms with Crippen molar-refractivity contribution in [2.24, 2.45) is 5.41 Å². The van der Waals surface area contributed by atoms with E-state index in [1.165, 1.54) is 12.8 Å². The van der Waals surface area contributed by atoms with Gasteiger partial charge in [0.15, 0.2) is 0 Å². The van der Waals surface area contributed by atoms with Gasteiger partial charge in [0.2, 0.25) is 0 Å². The lowest BCUT2D eigenvalue weighted by molar-refractivity contribution is -0.110. The molecule has 1 saturated carbocycles. The Hall–Kier alpha value is -1.95. The van der Waals surface area contributed by atoms with Crippen LogP contribution in [0.1, 0.15) is 19.3 Å². The molecule has 1 saturated heterocycles. The van der Waals surface area contributed by atoms with Crippen LogP contribution in [0.2, 0.25) is 0 Å². The lowest BCUT2D eigenvalue weighted by Crippen LogP contribution is -2.66. The predicted octanol–water partition coefficient (Wildman–Crippen LogP) is 1.45. The molecule has 1 spiro atoms. The summed E-state index contributed by atoms with van der Waals surface area (Å²) in [6, 6.07) is 2.60. The number of anilines is 1. The van der Waals surface area contributed by atoms with E-state index in [0.717, 1.165) is 42.8 Å². The van der Waals surface area contributed by atoms with Crippen LogP contribution in [0.25, 0.3) is 11.0 Å². The molecule has 1 aliphatic heterocycles. The van der Waals surface area contributed by atoms with E-state index < -0.39 is 0 Å². The van der Waals surface area contributed by atoms with Gasteiger partial charge in [-0.25, -0.2) is 9.97 Å². The first-order valence-corrected chi connectivity index (χ1v) is 7.88. The van der Waals surface area contributed by atoms with Gasteiger partial charge >= 0.3 is 0 Å². The van der Waals surface area contributed by atoms with Crippen molar-refractivity contribution < 1.29 is 4.79 Å². The number of aldehydes is 1. The lowest BCUT2D eigenvalue weighted by atomic mass is 9.60. The Morgan fingerprint density at radius 2 is 2.27 bits per heavy atom. The lowest BCUT2D eigenvalue weighted by Gasteiger charge is -2.61. The molecule has 0 bridgehead atoms. The molecule has 0 aromatic carbocycles. The SMILES string of the molecule is CN(c1ncnc2[nH]ccc12)C1CC2(C1)CN(CCC=O)C2. The zero-order valence-corrected chi connectivity index (χ0v) is 12.8. The zero-order chi connectivity index (χ0) is 15.2. The molecular weight excluding hydrogens is 278 g/mol. The van der Waals surface area contributed by atoms with E-state index in [0.29, 0.717) is 17.9 Å². The fraction of sp³-hybridized carbons (Fsp3) is 0.562. The summed E-state index contributed by atoms with van der Waals surface area (Å²) in [6.45, 7) is 3.21. The van der Waals surface area contributed by atoms with Crippen molar-refractivity contribution in [2.75, 3.05) is 31.6 Å². The largest absolute Gasteiger partial charge is 0.356 e. The fourth-order valence-electron chi connectivity index (χ4n) is 4.08. The molecular formula is C16H21N5O. The highest BCUT2D eigenvalue weighted by atomic mass is 16.1. The molecule has 6 nitrogen and oxygen atoms in total. The van der Waals surface area contributed by atoms with Gasteiger partial charge in [-0.15, -0.1) is 0 Å². The van der Waals surface area contributed by atoms with E-state index in [-0.39, 0.29) is 0 Å². The van der Waals surface area contributed by atoms with Crippen LogP contribution in [0.15, 0.2) is 18.6 Å².